The lowest BCUT2D eigenvalue weighted by atomic mass is 10.2. The molecular formula is C13H21O3P. The minimum absolute atomic E-state index is 0.187. The Bertz CT molecular complexity index is 383. The Morgan fingerprint density at radius 3 is 1.82 bits per heavy atom. The lowest BCUT2D eigenvalue weighted by molar-refractivity contribution is 0.353. The van der Waals surface area contributed by atoms with Crippen LogP contribution < -0.4 is 19.5 Å². The van der Waals surface area contributed by atoms with Gasteiger partial charge in [-0.1, -0.05) is 29.4 Å². The molecule has 96 valence electrons. The van der Waals surface area contributed by atoms with Gasteiger partial charge >= 0.3 is 0 Å². The van der Waals surface area contributed by atoms with E-state index in [2.05, 4.69) is 20.8 Å². The molecule has 3 nitrogen and oxygen atoms in total. The van der Waals surface area contributed by atoms with Crippen molar-refractivity contribution in [1.82, 2.24) is 0 Å². The van der Waals surface area contributed by atoms with Crippen LogP contribution in [-0.2, 0) is 0 Å². The summed E-state index contributed by atoms with van der Waals surface area (Å²) >= 11 is 0. The van der Waals surface area contributed by atoms with Crippen molar-refractivity contribution in [3.05, 3.63) is 12.1 Å². The smallest absolute Gasteiger partial charge is 0.171 e. The fraction of sp³-hybridized carbons (Fsp3) is 0.538. The number of benzene rings is 1. The molecule has 0 saturated heterocycles. The molecule has 4 heteroatoms. The van der Waals surface area contributed by atoms with E-state index < -0.39 is 0 Å². The SMILES string of the molecule is COc1ccc(OC)c(PC(C)(C)C)c1OC. The zero-order chi connectivity index (χ0) is 13.1. The minimum atomic E-state index is 0.187. The van der Waals surface area contributed by atoms with Gasteiger partial charge in [0.05, 0.1) is 26.6 Å². The highest BCUT2D eigenvalue weighted by Crippen LogP contribution is 2.40. The van der Waals surface area contributed by atoms with Crippen molar-refractivity contribution in [3.63, 3.8) is 0 Å². The van der Waals surface area contributed by atoms with E-state index in [-0.39, 0.29) is 5.16 Å². The molecule has 0 spiro atoms. The van der Waals surface area contributed by atoms with E-state index in [0.29, 0.717) is 8.58 Å². The average molecular weight is 256 g/mol. The van der Waals surface area contributed by atoms with E-state index in [1.54, 1.807) is 21.3 Å². The summed E-state index contributed by atoms with van der Waals surface area (Å²) in [7, 11) is 5.58. The summed E-state index contributed by atoms with van der Waals surface area (Å²) in [6.45, 7) is 6.59. The van der Waals surface area contributed by atoms with Crippen molar-refractivity contribution in [3.8, 4) is 17.2 Å². The number of rotatable bonds is 4. The van der Waals surface area contributed by atoms with Gasteiger partial charge in [-0.15, -0.1) is 0 Å². The molecule has 0 N–H and O–H groups in total. The second-order valence-corrected chi connectivity index (χ2v) is 7.00. The van der Waals surface area contributed by atoms with E-state index >= 15 is 0 Å². The summed E-state index contributed by atoms with van der Waals surface area (Å²) in [6.07, 6.45) is 0. The molecule has 0 aliphatic carbocycles. The number of ether oxygens (including phenoxy) is 3. The first-order valence-corrected chi connectivity index (χ1v) is 6.50. The summed E-state index contributed by atoms with van der Waals surface area (Å²) in [5, 5.41) is 1.27. The van der Waals surface area contributed by atoms with Crippen LogP contribution in [0.3, 0.4) is 0 Å². The van der Waals surface area contributed by atoms with E-state index in [1.165, 1.54) is 0 Å². The molecule has 1 aromatic rings. The van der Waals surface area contributed by atoms with Crippen LogP contribution in [-0.4, -0.2) is 26.5 Å². The van der Waals surface area contributed by atoms with E-state index in [1.807, 2.05) is 12.1 Å². The van der Waals surface area contributed by atoms with Crippen LogP contribution in [0.5, 0.6) is 17.2 Å². The predicted octanol–water partition coefficient (Wildman–Crippen LogP) is 2.81. The highest BCUT2D eigenvalue weighted by Gasteiger charge is 2.21. The first kappa shape index (κ1) is 14.1. The van der Waals surface area contributed by atoms with Crippen LogP contribution in [0.25, 0.3) is 0 Å². The second-order valence-electron chi connectivity index (χ2n) is 4.75. The topological polar surface area (TPSA) is 27.7 Å². The predicted molar refractivity (Wildman–Crippen MR) is 73.8 cm³/mol. The molecule has 0 heterocycles. The third-order valence-corrected chi connectivity index (χ3v) is 3.70. The summed E-state index contributed by atoms with van der Waals surface area (Å²) in [6, 6.07) is 3.80. The van der Waals surface area contributed by atoms with Gasteiger partial charge in [0.25, 0.3) is 0 Å². The van der Waals surface area contributed by atoms with Gasteiger partial charge in [-0.3, -0.25) is 0 Å². The van der Waals surface area contributed by atoms with Crippen molar-refractivity contribution in [1.29, 1.82) is 0 Å². The molecular weight excluding hydrogens is 235 g/mol. The number of hydrogen-bond acceptors (Lipinski definition) is 3. The summed E-state index contributed by atoms with van der Waals surface area (Å²) < 4.78 is 16.2. The zero-order valence-electron chi connectivity index (χ0n) is 11.4. The Morgan fingerprint density at radius 1 is 0.882 bits per heavy atom. The van der Waals surface area contributed by atoms with Crippen molar-refractivity contribution in [2.24, 2.45) is 0 Å². The van der Waals surface area contributed by atoms with Crippen molar-refractivity contribution in [2.75, 3.05) is 21.3 Å². The van der Waals surface area contributed by atoms with Crippen LogP contribution in [0.15, 0.2) is 12.1 Å². The summed E-state index contributed by atoms with van der Waals surface area (Å²) in [5.41, 5.74) is 0. The normalized spacial score (nSPS) is 11.9. The summed E-state index contributed by atoms with van der Waals surface area (Å²) in [4.78, 5) is 0. The molecule has 1 rings (SSSR count). The van der Waals surface area contributed by atoms with Gasteiger partial charge in [-0.25, -0.2) is 0 Å². The molecule has 1 atom stereocenters. The van der Waals surface area contributed by atoms with Gasteiger partial charge in [-0.05, 0) is 17.3 Å². The van der Waals surface area contributed by atoms with Gasteiger partial charge < -0.3 is 14.2 Å². The lowest BCUT2D eigenvalue weighted by Crippen LogP contribution is -2.15. The molecule has 0 amide bonds. The fourth-order valence-electron chi connectivity index (χ4n) is 1.57. The Kier molecular flexibility index (Phi) is 4.64. The first-order valence-electron chi connectivity index (χ1n) is 5.50. The third kappa shape index (κ3) is 3.50. The lowest BCUT2D eigenvalue weighted by Gasteiger charge is -2.23. The Labute approximate surface area is 105 Å². The molecule has 0 bridgehead atoms. The quantitative estimate of drug-likeness (QED) is 0.775. The van der Waals surface area contributed by atoms with E-state index in [0.717, 1.165) is 22.6 Å². The van der Waals surface area contributed by atoms with Gasteiger partial charge in [-0.2, -0.15) is 0 Å². The van der Waals surface area contributed by atoms with Gasteiger partial charge in [0, 0.05) is 0 Å². The molecule has 0 aromatic heterocycles. The van der Waals surface area contributed by atoms with Crippen LogP contribution in [0.1, 0.15) is 20.8 Å². The van der Waals surface area contributed by atoms with Crippen LogP contribution in [0, 0.1) is 0 Å². The van der Waals surface area contributed by atoms with Crippen molar-refractivity contribution < 1.29 is 14.2 Å². The number of hydrogen-bond donors (Lipinski definition) is 0. The van der Waals surface area contributed by atoms with Crippen LogP contribution in [0.4, 0.5) is 0 Å². The molecule has 1 aromatic carbocycles. The molecule has 0 saturated carbocycles. The zero-order valence-corrected chi connectivity index (χ0v) is 12.4. The van der Waals surface area contributed by atoms with Crippen molar-refractivity contribution >= 4 is 13.9 Å². The maximum atomic E-state index is 5.46. The molecule has 0 radical (unpaired) electrons. The minimum Gasteiger partial charge on any atom is -0.496 e. The monoisotopic (exact) mass is 256 g/mol. The third-order valence-electron chi connectivity index (χ3n) is 2.23. The molecule has 0 aliphatic rings. The van der Waals surface area contributed by atoms with Gasteiger partial charge in [0.15, 0.2) is 11.5 Å². The number of methoxy groups -OCH3 is 3. The van der Waals surface area contributed by atoms with Crippen LogP contribution in [0.2, 0.25) is 0 Å². The fourth-order valence-corrected chi connectivity index (χ4v) is 2.97. The molecule has 0 fully saturated rings. The molecule has 17 heavy (non-hydrogen) atoms. The van der Waals surface area contributed by atoms with Gasteiger partial charge in [0.2, 0.25) is 0 Å². The molecule has 0 aliphatic heterocycles. The average Bonchev–Trinajstić information content (AvgIpc) is 2.26. The van der Waals surface area contributed by atoms with Crippen LogP contribution >= 0.6 is 8.58 Å². The van der Waals surface area contributed by atoms with E-state index in [4.69, 9.17) is 14.2 Å². The highest BCUT2D eigenvalue weighted by atomic mass is 31.1. The first-order chi connectivity index (χ1) is 7.92. The highest BCUT2D eigenvalue weighted by molar-refractivity contribution is 7.49. The largest absolute Gasteiger partial charge is 0.496 e. The Hall–Kier alpha value is -0.950. The molecule has 1 unspecified atom stereocenters. The Morgan fingerprint density at radius 2 is 1.41 bits per heavy atom. The van der Waals surface area contributed by atoms with Crippen molar-refractivity contribution in [2.45, 2.75) is 25.9 Å². The van der Waals surface area contributed by atoms with E-state index in [9.17, 15) is 0 Å². The Balaban J connectivity index is 3.30. The second kappa shape index (κ2) is 5.59. The maximum absolute atomic E-state index is 5.46. The standard InChI is InChI=1S/C13H21O3P/c1-13(2,3)17-12-10(15-5)8-7-9(14-4)11(12)16-6/h7-8,17H,1-6H3. The maximum Gasteiger partial charge on any atom is 0.171 e. The summed E-state index contributed by atoms with van der Waals surface area (Å²) in [5.74, 6) is 2.39. The van der Waals surface area contributed by atoms with Gasteiger partial charge in [0.1, 0.15) is 5.75 Å².